The number of ether oxygens (including phenoxy) is 2. The lowest BCUT2D eigenvalue weighted by Crippen LogP contribution is -2.42. The molecule has 19 heavy (non-hydrogen) atoms. The third kappa shape index (κ3) is 3.07. The van der Waals surface area contributed by atoms with Gasteiger partial charge in [0.2, 0.25) is 0 Å². The van der Waals surface area contributed by atoms with E-state index in [1.165, 1.54) is 6.07 Å². The average molecular weight is 265 g/mol. The van der Waals surface area contributed by atoms with Crippen LogP contribution in [0.25, 0.3) is 0 Å². The van der Waals surface area contributed by atoms with Crippen LogP contribution in [0.4, 0.5) is 4.39 Å². The molecule has 0 amide bonds. The van der Waals surface area contributed by atoms with E-state index in [0.717, 1.165) is 43.7 Å². The molecule has 0 aliphatic carbocycles. The third-order valence-electron chi connectivity index (χ3n) is 3.88. The second-order valence-corrected chi connectivity index (χ2v) is 5.51. The molecule has 3 atom stereocenters. The zero-order valence-corrected chi connectivity index (χ0v) is 11.2. The summed E-state index contributed by atoms with van der Waals surface area (Å²) in [6.45, 7) is 3.75. The Labute approximate surface area is 113 Å². The van der Waals surface area contributed by atoms with Crippen molar-refractivity contribution in [1.82, 2.24) is 5.32 Å². The predicted octanol–water partition coefficient (Wildman–Crippen LogP) is 2.29. The Morgan fingerprint density at radius 1 is 1.42 bits per heavy atom. The lowest BCUT2D eigenvalue weighted by molar-refractivity contribution is 0.0119. The van der Waals surface area contributed by atoms with E-state index < -0.39 is 0 Å². The number of fused-ring (bicyclic) bond motifs is 1. The quantitative estimate of drug-likeness (QED) is 0.909. The van der Waals surface area contributed by atoms with Crippen molar-refractivity contribution in [3.63, 3.8) is 0 Å². The SMILES string of the molecule is CC1CC(NCC2Cc3cc(F)ccc3O2)CCO1. The van der Waals surface area contributed by atoms with Crippen LogP contribution in [0.15, 0.2) is 18.2 Å². The Hall–Kier alpha value is -1.13. The minimum absolute atomic E-state index is 0.120. The average Bonchev–Trinajstić information content (AvgIpc) is 2.78. The van der Waals surface area contributed by atoms with Gasteiger partial charge in [-0.15, -0.1) is 0 Å². The molecule has 1 saturated heterocycles. The summed E-state index contributed by atoms with van der Waals surface area (Å²) in [5.74, 6) is 0.641. The molecule has 2 aliphatic rings. The molecule has 0 saturated carbocycles. The van der Waals surface area contributed by atoms with Crippen LogP contribution in [-0.4, -0.2) is 31.4 Å². The van der Waals surface area contributed by atoms with Gasteiger partial charge in [0.1, 0.15) is 17.7 Å². The molecule has 0 spiro atoms. The summed E-state index contributed by atoms with van der Waals surface area (Å²) in [5, 5.41) is 3.54. The molecule has 3 unspecified atom stereocenters. The molecule has 0 aromatic heterocycles. The Morgan fingerprint density at radius 2 is 2.32 bits per heavy atom. The zero-order valence-electron chi connectivity index (χ0n) is 11.2. The van der Waals surface area contributed by atoms with Crippen LogP contribution in [0.3, 0.4) is 0 Å². The van der Waals surface area contributed by atoms with Crippen molar-refractivity contribution < 1.29 is 13.9 Å². The molecule has 4 heteroatoms. The molecule has 104 valence electrons. The fourth-order valence-electron chi connectivity index (χ4n) is 2.88. The van der Waals surface area contributed by atoms with Crippen LogP contribution in [0, 0.1) is 5.82 Å². The molecule has 1 aromatic carbocycles. The van der Waals surface area contributed by atoms with E-state index in [1.807, 2.05) is 0 Å². The lowest BCUT2D eigenvalue weighted by atomic mass is 10.0. The molecule has 1 fully saturated rings. The van der Waals surface area contributed by atoms with E-state index in [-0.39, 0.29) is 11.9 Å². The summed E-state index contributed by atoms with van der Waals surface area (Å²) in [6.07, 6.45) is 3.35. The van der Waals surface area contributed by atoms with Crippen molar-refractivity contribution >= 4 is 0 Å². The standard InChI is InChI=1S/C15H20FNO2/c1-10-6-13(4-5-18-10)17-9-14-8-11-7-12(16)2-3-15(11)19-14/h2-3,7,10,13-14,17H,4-6,8-9H2,1H3. The highest BCUT2D eigenvalue weighted by Crippen LogP contribution is 2.29. The second kappa shape index (κ2) is 5.47. The minimum atomic E-state index is -0.186. The van der Waals surface area contributed by atoms with Gasteiger partial charge < -0.3 is 14.8 Å². The van der Waals surface area contributed by atoms with Gasteiger partial charge in [-0.25, -0.2) is 4.39 Å². The molecule has 1 aromatic rings. The Bertz CT molecular complexity index is 452. The van der Waals surface area contributed by atoms with Crippen molar-refractivity contribution in [2.75, 3.05) is 13.2 Å². The summed E-state index contributed by atoms with van der Waals surface area (Å²) >= 11 is 0. The van der Waals surface area contributed by atoms with E-state index >= 15 is 0 Å². The Balaban J connectivity index is 1.50. The van der Waals surface area contributed by atoms with Gasteiger partial charge in [-0.3, -0.25) is 0 Å². The smallest absolute Gasteiger partial charge is 0.123 e. The van der Waals surface area contributed by atoms with Crippen LogP contribution in [0.5, 0.6) is 5.75 Å². The van der Waals surface area contributed by atoms with Crippen LogP contribution in [0.2, 0.25) is 0 Å². The molecular formula is C15H20FNO2. The van der Waals surface area contributed by atoms with Gasteiger partial charge in [0.05, 0.1) is 6.10 Å². The topological polar surface area (TPSA) is 30.5 Å². The van der Waals surface area contributed by atoms with Gasteiger partial charge in [-0.05, 0) is 38.0 Å². The van der Waals surface area contributed by atoms with Crippen molar-refractivity contribution in [2.24, 2.45) is 0 Å². The maximum absolute atomic E-state index is 13.1. The molecule has 0 radical (unpaired) electrons. The summed E-state index contributed by atoms with van der Waals surface area (Å²) in [7, 11) is 0. The highest BCUT2D eigenvalue weighted by atomic mass is 19.1. The number of benzene rings is 1. The Morgan fingerprint density at radius 3 is 3.16 bits per heavy atom. The van der Waals surface area contributed by atoms with Gasteiger partial charge >= 0.3 is 0 Å². The number of nitrogens with one attached hydrogen (secondary N) is 1. The first-order valence-electron chi connectivity index (χ1n) is 7.01. The lowest BCUT2D eigenvalue weighted by Gasteiger charge is -2.28. The number of hydrogen-bond donors (Lipinski definition) is 1. The largest absolute Gasteiger partial charge is 0.488 e. The summed E-state index contributed by atoms with van der Waals surface area (Å²) in [4.78, 5) is 0. The first kappa shape index (κ1) is 12.9. The van der Waals surface area contributed by atoms with E-state index in [0.29, 0.717) is 12.1 Å². The zero-order chi connectivity index (χ0) is 13.2. The summed E-state index contributed by atoms with van der Waals surface area (Å²) in [5.41, 5.74) is 0.979. The highest BCUT2D eigenvalue weighted by Gasteiger charge is 2.25. The molecular weight excluding hydrogens is 245 g/mol. The van der Waals surface area contributed by atoms with Gasteiger partial charge in [-0.1, -0.05) is 0 Å². The molecule has 0 bridgehead atoms. The highest BCUT2D eigenvalue weighted by molar-refractivity contribution is 5.37. The predicted molar refractivity (Wildman–Crippen MR) is 71.0 cm³/mol. The van der Waals surface area contributed by atoms with Gasteiger partial charge in [-0.2, -0.15) is 0 Å². The van der Waals surface area contributed by atoms with E-state index in [2.05, 4.69) is 12.2 Å². The maximum atomic E-state index is 13.1. The normalized spacial score (nSPS) is 29.9. The maximum Gasteiger partial charge on any atom is 0.123 e. The summed E-state index contributed by atoms with van der Waals surface area (Å²) in [6, 6.07) is 5.26. The summed E-state index contributed by atoms with van der Waals surface area (Å²) < 4.78 is 24.5. The fourth-order valence-corrected chi connectivity index (χ4v) is 2.88. The van der Waals surface area contributed by atoms with Gasteiger partial charge in [0.25, 0.3) is 0 Å². The van der Waals surface area contributed by atoms with Crippen LogP contribution in [-0.2, 0) is 11.2 Å². The molecule has 3 nitrogen and oxygen atoms in total. The van der Waals surface area contributed by atoms with Crippen molar-refractivity contribution in [2.45, 2.75) is 44.4 Å². The molecule has 3 rings (SSSR count). The van der Waals surface area contributed by atoms with Crippen LogP contribution < -0.4 is 10.1 Å². The third-order valence-corrected chi connectivity index (χ3v) is 3.88. The molecule has 1 N–H and O–H groups in total. The van der Waals surface area contributed by atoms with Crippen LogP contribution >= 0.6 is 0 Å². The van der Waals surface area contributed by atoms with E-state index in [4.69, 9.17) is 9.47 Å². The number of hydrogen-bond acceptors (Lipinski definition) is 3. The van der Waals surface area contributed by atoms with Crippen molar-refractivity contribution in [1.29, 1.82) is 0 Å². The molecule has 2 aliphatic heterocycles. The van der Waals surface area contributed by atoms with E-state index in [1.54, 1.807) is 12.1 Å². The second-order valence-electron chi connectivity index (χ2n) is 5.51. The number of rotatable bonds is 3. The number of halogens is 1. The first-order valence-corrected chi connectivity index (χ1v) is 7.01. The monoisotopic (exact) mass is 265 g/mol. The van der Waals surface area contributed by atoms with E-state index in [9.17, 15) is 4.39 Å². The van der Waals surface area contributed by atoms with Crippen molar-refractivity contribution in [3.05, 3.63) is 29.6 Å². The fraction of sp³-hybridized carbons (Fsp3) is 0.600. The van der Waals surface area contributed by atoms with Crippen LogP contribution in [0.1, 0.15) is 25.3 Å². The molecule has 2 heterocycles. The van der Waals surface area contributed by atoms with Gasteiger partial charge in [0, 0.05) is 31.2 Å². The minimum Gasteiger partial charge on any atom is -0.488 e. The first-order chi connectivity index (χ1) is 9.20. The Kier molecular flexibility index (Phi) is 3.71. The van der Waals surface area contributed by atoms with Gasteiger partial charge in [0.15, 0.2) is 0 Å². The van der Waals surface area contributed by atoms with Crippen molar-refractivity contribution in [3.8, 4) is 5.75 Å².